The fourth-order valence-corrected chi connectivity index (χ4v) is 8.98. The minimum Gasteiger partial charge on any atom is -0.491 e. The van der Waals surface area contributed by atoms with Crippen LogP contribution in [0.4, 0.5) is 11.4 Å². The lowest BCUT2D eigenvalue weighted by Crippen LogP contribution is -2.53. The third-order valence-electron chi connectivity index (χ3n) is 12.3. The summed E-state index contributed by atoms with van der Waals surface area (Å²) in [5.41, 5.74) is 5.54. The van der Waals surface area contributed by atoms with E-state index in [-0.39, 0.29) is 36.1 Å². The third kappa shape index (κ3) is 6.33. The van der Waals surface area contributed by atoms with Crippen molar-refractivity contribution in [1.82, 2.24) is 34.6 Å². The topological polar surface area (TPSA) is 162 Å². The first-order valence-electron chi connectivity index (χ1n) is 19.7. The van der Waals surface area contributed by atoms with E-state index >= 15 is 0 Å². The summed E-state index contributed by atoms with van der Waals surface area (Å²) in [4.78, 5) is 77.2. The minimum absolute atomic E-state index is 0.0188. The number of fused-ring (bicyclic) bond motifs is 3. The molecule has 1 atom stereocenters. The third-order valence-corrected chi connectivity index (χ3v) is 12.3. The summed E-state index contributed by atoms with van der Waals surface area (Å²) < 4.78 is 7.77. The van der Waals surface area contributed by atoms with Crippen molar-refractivity contribution in [2.75, 3.05) is 49.5 Å². The van der Waals surface area contributed by atoms with Gasteiger partial charge in [-0.15, -0.1) is 0 Å². The number of piperidine rings is 2. The number of amides is 5. The molecule has 0 radical (unpaired) electrons. The van der Waals surface area contributed by atoms with Gasteiger partial charge in [0, 0.05) is 93.4 Å². The van der Waals surface area contributed by atoms with Crippen LogP contribution in [-0.2, 0) is 22.7 Å². The van der Waals surface area contributed by atoms with E-state index in [0.717, 1.165) is 75.2 Å². The molecule has 1 saturated carbocycles. The molecule has 56 heavy (non-hydrogen) atoms. The number of likely N-dealkylation sites (tertiary alicyclic amines) is 1. The second-order valence-corrected chi connectivity index (χ2v) is 16.1. The number of carbonyl (C=O) groups excluding carboxylic acids is 5. The van der Waals surface area contributed by atoms with E-state index in [1.54, 1.807) is 27.9 Å². The van der Waals surface area contributed by atoms with E-state index in [0.29, 0.717) is 71.7 Å². The molecule has 5 aliphatic heterocycles. The summed E-state index contributed by atoms with van der Waals surface area (Å²) >= 11 is 0. The standard InChI is InChI=1S/C41H43N9O6/c51-36-7-6-34(39(53)45-36)49-22-26-14-29(4-5-30(26)40(49)54)47-19-25(20-47)18-46-12-8-28(9-13-46)48-21-27-15-33(35(16-31(27)41(48)55)56-23-24-2-3-24)44-38(52)32-17-43-50-11-1-10-42-37(32)50/h1,4-5,10-11,14-17,24-25,28,34H,2-3,6-9,12-13,18-23H2,(H,44,52)(H,45,51,53). The Morgan fingerprint density at radius 3 is 2.48 bits per heavy atom. The molecule has 2 aromatic carbocycles. The van der Waals surface area contributed by atoms with Gasteiger partial charge in [0.25, 0.3) is 17.7 Å². The monoisotopic (exact) mass is 757 g/mol. The van der Waals surface area contributed by atoms with Gasteiger partial charge >= 0.3 is 0 Å². The number of rotatable bonds is 10. The number of imide groups is 1. The van der Waals surface area contributed by atoms with Gasteiger partial charge < -0.3 is 29.7 Å². The molecule has 288 valence electrons. The molecule has 10 rings (SSSR count). The van der Waals surface area contributed by atoms with Crippen molar-refractivity contribution >= 4 is 46.6 Å². The highest BCUT2D eigenvalue weighted by Gasteiger charge is 2.41. The molecule has 6 aliphatic rings. The summed E-state index contributed by atoms with van der Waals surface area (Å²) in [6.07, 6.45) is 9.52. The Hall–Kier alpha value is -5.83. The Kier molecular flexibility index (Phi) is 8.49. The molecule has 15 heteroatoms. The van der Waals surface area contributed by atoms with Gasteiger partial charge in [-0.1, -0.05) is 0 Å². The molecule has 2 N–H and O–H groups in total. The quantitative estimate of drug-likeness (QED) is 0.230. The number of nitrogens with zero attached hydrogens (tertiary/aromatic N) is 7. The summed E-state index contributed by atoms with van der Waals surface area (Å²) in [6.45, 7) is 6.12. The van der Waals surface area contributed by atoms with Crippen LogP contribution in [0.3, 0.4) is 0 Å². The Morgan fingerprint density at radius 1 is 0.893 bits per heavy atom. The normalized spacial score (nSPS) is 21.7. The molecule has 15 nitrogen and oxygen atoms in total. The van der Waals surface area contributed by atoms with Gasteiger partial charge in [-0.25, -0.2) is 9.50 Å². The molecular formula is C41H43N9O6. The summed E-state index contributed by atoms with van der Waals surface area (Å²) in [5, 5.41) is 9.65. The Bertz CT molecular complexity index is 2290. The zero-order valence-electron chi connectivity index (χ0n) is 31.0. The molecule has 5 amide bonds. The molecule has 4 fully saturated rings. The maximum atomic E-state index is 13.9. The van der Waals surface area contributed by atoms with Crippen molar-refractivity contribution in [2.24, 2.45) is 11.8 Å². The highest BCUT2D eigenvalue weighted by Crippen LogP contribution is 2.39. The van der Waals surface area contributed by atoms with Crippen LogP contribution in [0.25, 0.3) is 5.65 Å². The zero-order chi connectivity index (χ0) is 38.1. The van der Waals surface area contributed by atoms with Gasteiger partial charge in [0.15, 0.2) is 5.65 Å². The van der Waals surface area contributed by atoms with Crippen LogP contribution in [0.1, 0.15) is 80.7 Å². The van der Waals surface area contributed by atoms with E-state index < -0.39 is 11.9 Å². The Balaban J connectivity index is 0.738. The lowest BCUT2D eigenvalue weighted by Gasteiger charge is -2.45. The predicted molar refractivity (Wildman–Crippen MR) is 203 cm³/mol. The van der Waals surface area contributed by atoms with Crippen molar-refractivity contribution in [3.05, 3.63) is 82.8 Å². The van der Waals surface area contributed by atoms with E-state index in [2.05, 4.69) is 36.6 Å². The molecular weight excluding hydrogens is 715 g/mol. The van der Waals surface area contributed by atoms with Crippen LogP contribution in [0.15, 0.2) is 55.0 Å². The highest BCUT2D eigenvalue weighted by molar-refractivity contribution is 6.09. The van der Waals surface area contributed by atoms with Gasteiger partial charge in [-0.3, -0.25) is 29.3 Å². The number of hydrogen-bond donors (Lipinski definition) is 2. The summed E-state index contributed by atoms with van der Waals surface area (Å²) in [6, 6.07) is 10.9. The van der Waals surface area contributed by atoms with Crippen LogP contribution in [-0.4, -0.2) is 110 Å². The molecule has 2 aromatic heterocycles. The average Bonchev–Trinajstić information content (AvgIpc) is 3.70. The molecule has 7 heterocycles. The second-order valence-electron chi connectivity index (χ2n) is 16.1. The first kappa shape index (κ1) is 34.6. The highest BCUT2D eigenvalue weighted by atomic mass is 16.5. The molecule has 0 bridgehead atoms. The smallest absolute Gasteiger partial charge is 0.261 e. The van der Waals surface area contributed by atoms with Crippen molar-refractivity contribution < 1.29 is 28.7 Å². The predicted octanol–water partition coefficient (Wildman–Crippen LogP) is 3.09. The van der Waals surface area contributed by atoms with E-state index in [9.17, 15) is 24.0 Å². The number of carbonyl (C=O) groups is 5. The lowest BCUT2D eigenvalue weighted by atomic mass is 9.95. The summed E-state index contributed by atoms with van der Waals surface area (Å²) in [7, 11) is 0. The maximum absolute atomic E-state index is 13.9. The van der Waals surface area contributed by atoms with Crippen LogP contribution in [0, 0.1) is 11.8 Å². The number of nitrogens with one attached hydrogen (secondary N) is 2. The van der Waals surface area contributed by atoms with Crippen LogP contribution < -0.4 is 20.3 Å². The lowest BCUT2D eigenvalue weighted by molar-refractivity contribution is -0.136. The average molecular weight is 758 g/mol. The van der Waals surface area contributed by atoms with Gasteiger partial charge in [-0.05, 0) is 85.5 Å². The fraction of sp³-hybridized carbons (Fsp3) is 0.439. The first-order chi connectivity index (χ1) is 27.3. The Labute approximate surface area is 322 Å². The molecule has 1 aliphatic carbocycles. The van der Waals surface area contributed by atoms with Crippen molar-refractivity contribution in [3.63, 3.8) is 0 Å². The van der Waals surface area contributed by atoms with Crippen molar-refractivity contribution in [2.45, 2.75) is 63.7 Å². The van der Waals surface area contributed by atoms with Gasteiger partial charge in [0.1, 0.15) is 17.4 Å². The zero-order valence-corrected chi connectivity index (χ0v) is 31.0. The molecule has 3 saturated heterocycles. The fourth-order valence-electron chi connectivity index (χ4n) is 8.98. The SMILES string of the molecule is O=C1CCC(N2Cc3cc(N4CC(CN5CCC(N6Cc7cc(NC(=O)c8cnn9cccnc89)c(OCC8CC8)cc7C6=O)CC5)C4)ccc3C2=O)C(=O)N1. The van der Waals surface area contributed by atoms with Crippen LogP contribution >= 0.6 is 0 Å². The second kappa shape index (κ2) is 13.7. The summed E-state index contributed by atoms with van der Waals surface area (Å²) in [5.74, 6) is 0.387. The minimum atomic E-state index is -0.614. The number of aromatic nitrogens is 3. The number of benzene rings is 2. The largest absolute Gasteiger partial charge is 0.491 e. The number of hydrogen-bond acceptors (Lipinski definition) is 10. The van der Waals surface area contributed by atoms with Gasteiger partial charge in [-0.2, -0.15) is 5.10 Å². The Morgan fingerprint density at radius 2 is 1.68 bits per heavy atom. The van der Waals surface area contributed by atoms with E-state index in [1.165, 1.54) is 6.20 Å². The van der Waals surface area contributed by atoms with Crippen LogP contribution in [0.2, 0.25) is 0 Å². The van der Waals surface area contributed by atoms with Gasteiger partial charge in [0.2, 0.25) is 11.8 Å². The molecule has 1 unspecified atom stereocenters. The van der Waals surface area contributed by atoms with E-state index in [4.69, 9.17) is 4.74 Å². The van der Waals surface area contributed by atoms with Crippen LogP contribution in [0.5, 0.6) is 5.75 Å². The van der Waals surface area contributed by atoms with Gasteiger partial charge in [0.05, 0.1) is 18.5 Å². The first-order valence-corrected chi connectivity index (χ1v) is 19.7. The number of anilines is 2. The molecule has 0 spiro atoms. The van der Waals surface area contributed by atoms with Crippen molar-refractivity contribution in [3.8, 4) is 5.75 Å². The van der Waals surface area contributed by atoms with Crippen molar-refractivity contribution in [1.29, 1.82) is 0 Å². The number of ether oxygens (including phenoxy) is 1. The maximum Gasteiger partial charge on any atom is 0.261 e. The van der Waals surface area contributed by atoms with E-state index in [1.807, 2.05) is 29.2 Å². The molecule has 4 aromatic rings.